The third-order valence-electron chi connectivity index (χ3n) is 2.78. The molecule has 0 saturated carbocycles. The van der Waals surface area contributed by atoms with Gasteiger partial charge in [0.15, 0.2) is 5.78 Å². The maximum Gasteiger partial charge on any atom is 0.193 e. The van der Waals surface area contributed by atoms with Crippen molar-refractivity contribution in [3.8, 4) is 5.75 Å². The van der Waals surface area contributed by atoms with Crippen LogP contribution in [0.25, 0.3) is 0 Å². The molecule has 0 spiro atoms. The number of halogens is 3. The SMILES string of the molecule is CCCOc1ccc(C(=O)c2cc(F)cc(Br)c2)cc1Br. The number of hydrogen-bond acceptors (Lipinski definition) is 2. The minimum atomic E-state index is -0.449. The highest BCUT2D eigenvalue weighted by atomic mass is 79.9. The van der Waals surface area contributed by atoms with E-state index in [-0.39, 0.29) is 5.78 Å². The van der Waals surface area contributed by atoms with Crippen molar-refractivity contribution in [1.29, 1.82) is 0 Å². The van der Waals surface area contributed by atoms with Crippen molar-refractivity contribution in [3.05, 3.63) is 62.3 Å². The molecule has 0 aliphatic carbocycles. The topological polar surface area (TPSA) is 26.3 Å². The average Bonchev–Trinajstić information content (AvgIpc) is 2.44. The van der Waals surface area contributed by atoms with Crippen molar-refractivity contribution in [3.63, 3.8) is 0 Å². The van der Waals surface area contributed by atoms with Crippen molar-refractivity contribution < 1.29 is 13.9 Å². The minimum absolute atomic E-state index is 0.238. The first kappa shape index (κ1) is 16.2. The van der Waals surface area contributed by atoms with Gasteiger partial charge < -0.3 is 4.74 Å². The van der Waals surface area contributed by atoms with Gasteiger partial charge in [-0.2, -0.15) is 0 Å². The lowest BCUT2D eigenvalue weighted by Gasteiger charge is -2.09. The largest absolute Gasteiger partial charge is 0.492 e. The van der Waals surface area contributed by atoms with Gasteiger partial charge in [0.05, 0.1) is 11.1 Å². The van der Waals surface area contributed by atoms with E-state index in [9.17, 15) is 9.18 Å². The van der Waals surface area contributed by atoms with Gasteiger partial charge in [-0.3, -0.25) is 4.79 Å². The molecular weight excluding hydrogens is 403 g/mol. The summed E-state index contributed by atoms with van der Waals surface area (Å²) in [5.74, 6) is 0.00135. The van der Waals surface area contributed by atoms with Gasteiger partial charge in [-0.05, 0) is 58.7 Å². The highest BCUT2D eigenvalue weighted by Gasteiger charge is 2.13. The fourth-order valence-corrected chi connectivity index (χ4v) is 2.78. The van der Waals surface area contributed by atoms with E-state index in [0.717, 1.165) is 6.42 Å². The average molecular weight is 416 g/mol. The number of carbonyl (C=O) groups excluding carboxylic acids is 1. The molecule has 0 saturated heterocycles. The second kappa shape index (κ2) is 7.18. The quantitative estimate of drug-likeness (QED) is 0.613. The Morgan fingerprint density at radius 2 is 1.90 bits per heavy atom. The normalized spacial score (nSPS) is 10.5. The van der Waals surface area contributed by atoms with E-state index in [4.69, 9.17) is 4.74 Å². The highest BCUT2D eigenvalue weighted by molar-refractivity contribution is 9.10. The maximum absolute atomic E-state index is 13.4. The molecule has 0 heterocycles. The van der Waals surface area contributed by atoms with Crippen LogP contribution in [0.2, 0.25) is 0 Å². The summed E-state index contributed by atoms with van der Waals surface area (Å²) < 4.78 is 20.2. The summed E-state index contributed by atoms with van der Waals surface area (Å²) in [4.78, 5) is 12.4. The number of carbonyl (C=O) groups is 1. The zero-order valence-electron chi connectivity index (χ0n) is 11.3. The summed E-state index contributed by atoms with van der Waals surface area (Å²) in [6, 6.07) is 9.24. The number of hydrogen-bond donors (Lipinski definition) is 0. The van der Waals surface area contributed by atoms with Crippen molar-refractivity contribution in [2.75, 3.05) is 6.61 Å². The first-order valence-corrected chi connectivity index (χ1v) is 8.03. The van der Waals surface area contributed by atoms with Crippen LogP contribution in [0.3, 0.4) is 0 Å². The van der Waals surface area contributed by atoms with Crippen LogP contribution < -0.4 is 4.74 Å². The van der Waals surface area contributed by atoms with Crippen molar-refractivity contribution in [2.45, 2.75) is 13.3 Å². The van der Waals surface area contributed by atoms with Crippen LogP contribution in [0, 0.1) is 5.82 Å². The molecule has 0 bridgehead atoms. The lowest BCUT2D eigenvalue weighted by Crippen LogP contribution is -2.03. The number of rotatable bonds is 5. The Labute approximate surface area is 139 Å². The molecule has 0 fully saturated rings. The third-order valence-corrected chi connectivity index (χ3v) is 3.86. The number of ether oxygens (including phenoxy) is 1. The summed E-state index contributed by atoms with van der Waals surface area (Å²) in [5, 5.41) is 0. The molecule has 0 unspecified atom stereocenters. The summed E-state index contributed by atoms with van der Waals surface area (Å²) in [6.07, 6.45) is 0.907. The lowest BCUT2D eigenvalue weighted by molar-refractivity contribution is 0.103. The predicted octanol–water partition coefficient (Wildman–Crippen LogP) is 5.37. The van der Waals surface area contributed by atoms with Gasteiger partial charge >= 0.3 is 0 Å². The second-order valence-electron chi connectivity index (χ2n) is 4.48. The van der Waals surface area contributed by atoms with Gasteiger partial charge in [0.1, 0.15) is 11.6 Å². The maximum atomic E-state index is 13.4. The molecule has 2 aromatic rings. The molecule has 0 N–H and O–H groups in total. The molecule has 0 radical (unpaired) electrons. The summed E-state index contributed by atoms with van der Waals surface area (Å²) in [7, 11) is 0. The number of benzene rings is 2. The Balaban J connectivity index is 2.29. The van der Waals surface area contributed by atoms with E-state index < -0.39 is 5.82 Å². The van der Waals surface area contributed by atoms with Crippen molar-refractivity contribution in [1.82, 2.24) is 0 Å². The molecule has 0 atom stereocenters. The molecule has 0 aliphatic rings. The fraction of sp³-hybridized carbons (Fsp3) is 0.188. The van der Waals surface area contributed by atoms with Crippen LogP contribution in [0.4, 0.5) is 4.39 Å². The van der Waals surface area contributed by atoms with E-state index in [1.54, 1.807) is 24.3 Å². The van der Waals surface area contributed by atoms with Crippen LogP contribution in [0.5, 0.6) is 5.75 Å². The summed E-state index contributed by atoms with van der Waals surface area (Å²) in [5.41, 5.74) is 0.777. The van der Waals surface area contributed by atoms with E-state index in [2.05, 4.69) is 31.9 Å². The van der Waals surface area contributed by atoms with Gasteiger partial charge in [0.25, 0.3) is 0 Å². The van der Waals surface area contributed by atoms with Crippen molar-refractivity contribution in [2.24, 2.45) is 0 Å². The van der Waals surface area contributed by atoms with Crippen LogP contribution in [-0.2, 0) is 0 Å². The highest BCUT2D eigenvalue weighted by Crippen LogP contribution is 2.27. The van der Waals surface area contributed by atoms with Gasteiger partial charge in [0, 0.05) is 15.6 Å². The Bertz CT molecular complexity index is 651. The van der Waals surface area contributed by atoms with Gasteiger partial charge in [0.2, 0.25) is 0 Å². The molecule has 0 amide bonds. The smallest absolute Gasteiger partial charge is 0.193 e. The van der Waals surface area contributed by atoms with Crippen LogP contribution in [0.1, 0.15) is 29.3 Å². The zero-order valence-corrected chi connectivity index (χ0v) is 14.5. The molecule has 2 nitrogen and oxygen atoms in total. The molecule has 5 heteroatoms. The Morgan fingerprint density at radius 1 is 1.14 bits per heavy atom. The summed E-state index contributed by atoms with van der Waals surface area (Å²) in [6.45, 7) is 2.64. The van der Waals surface area contributed by atoms with Gasteiger partial charge in [-0.15, -0.1) is 0 Å². The standard InChI is InChI=1S/C16H13Br2FO2/c1-2-5-21-15-4-3-10(8-14(15)18)16(20)11-6-12(17)9-13(19)7-11/h3-4,6-9H,2,5H2,1H3. The Hall–Kier alpha value is -1.20. The van der Waals surface area contributed by atoms with Gasteiger partial charge in [-0.25, -0.2) is 4.39 Å². The fourth-order valence-electron chi connectivity index (χ4n) is 1.82. The van der Waals surface area contributed by atoms with E-state index >= 15 is 0 Å². The van der Waals surface area contributed by atoms with E-state index in [0.29, 0.717) is 32.4 Å². The first-order valence-electron chi connectivity index (χ1n) is 6.44. The van der Waals surface area contributed by atoms with Gasteiger partial charge in [-0.1, -0.05) is 22.9 Å². The minimum Gasteiger partial charge on any atom is -0.492 e. The van der Waals surface area contributed by atoms with Crippen LogP contribution >= 0.6 is 31.9 Å². The zero-order chi connectivity index (χ0) is 15.4. The lowest BCUT2D eigenvalue weighted by atomic mass is 10.0. The molecule has 0 aromatic heterocycles. The molecule has 2 rings (SSSR count). The van der Waals surface area contributed by atoms with Crippen LogP contribution in [0.15, 0.2) is 45.3 Å². The molecular formula is C16H13Br2FO2. The molecule has 21 heavy (non-hydrogen) atoms. The molecule has 2 aromatic carbocycles. The molecule has 0 aliphatic heterocycles. The van der Waals surface area contributed by atoms with E-state index in [1.807, 2.05) is 6.92 Å². The number of ketones is 1. The van der Waals surface area contributed by atoms with Crippen LogP contribution in [-0.4, -0.2) is 12.4 Å². The van der Waals surface area contributed by atoms with Crippen molar-refractivity contribution >= 4 is 37.6 Å². The van der Waals surface area contributed by atoms with E-state index in [1.165, 1.54) is 12.1 Å². The Morgan fingerprint density at radius 3 is 2.52 bits per heavy atom. The summed E-state index contributed by atoms with van der Waals surface area (Å²) >= 11 is 6.57. The Kier molecular flexibility index (Phi) is 5.53. The molecule has 110 valence electrons. The predicted molar refractivity (Wildman–Crippen MR) is 87.5 cm³/mol. The third kappa shape index (κ3) is 4.14. The second-order valence-corrected chi connectivity index (χ2v) is 6.25. The monoisotopic (exact) mass is 414 g/mol. The first-order chi connectivity index (χ1) is 10.0.